The minimum Gasteiger partial charge on any atom is -0.378 e. The van der Waals surface area contributed by atoms with Crippen LogP contribution >= 0.6 is 0 Å². The lowest BCUT2D eigenvalue weighted by atomic mass is 10.0. The maximum atomic E-state index is 15.6. The summed E-state index contributed by atoms with van der Waals surface area (Å²) in [5.41, 5.74) is 4.66. The molecule has 2 atom stereocenters. The summed E-state index contributed by atoms with van der Waals surface area (Å²) in [6.07, 6.45) is 4.56. The third kappa shape index (κ3) is 6.14. The summed E-state index contributed by atoms with van der Waals surface area (Å²) in [6.45, 7) is 8.36. The lowest BCUT2D eigenvalue weighted by molar-refractivity contribution is 0.0233. The van der Waals surface area contributed by atoms with Gasteiger partial charge in [0.25, 0.3) is 5.91 Å². The molecule has 2 aliphatic heterocycles. The van der Waals surface area contributed by atoms with Crippen molar-refractivity contribution in [3.8, 4) is 11.1 Å². The molecule has 2 fully saturated rings. The minimum atomic E-state index is -0.505. The molecule has 2 saturated heterocycles. The van der Waals surface area contributed by atoms with Gasteiger partial charge in [-0.1, -0.05) is 0 Å². The number of nitrogens with zero attached hydrogens (tertiary/aromatic N) is 5. The Bertz CT molecular complexity index is 1360. The van der Waals surface area contributed by atoms with E-state index in [0.717, 1.165) is 0 Å². The van der Waals surface area contributed by atoms with Gasteiger partial charge in [-0.3, -0.25) is 19.3 Å². The number of halogens is 1. The molecule has 2 N–H and O–H groups in total. The number of morpholine rings is 1. The molecule has 1 aromatic carbocycles. The van der Waals surface area contributed by atoms with E-state index in [9.17, 15) is 9.59 Å². The first-order valence-electron chi connectivity index (χ1n) is 13.4. The molecule has 12 heteroatoms. The van der Waals surface area contributed by atoms with Crippen LogP contribution in [0.3, 0.4) is 0 Å². The Labute approximate surface area is 231 Å². The van der Waals surface area contributed by atoms with E-state index in [1.807, 2.05) is 4.90 Å². The number of piperazine rings is 1. The van der Waals surface area contributed by atoms with Crippen LogP contribution in [0.5, 0.6) is 0 Å². The molecule has 0 unspecified atom stereocenters. The summed E-state index contributed by atoms with van der Waals surface area (Å²) in [5.74, 6) is -0.315. The average Bonchev–Trinajstić information content (AvgIpc) is 2.97. The number of nitrogens with one attached hydrogen (secondary N) is 2. The number of aromatic nitrogens is 3. The second kappa shape index (κ2) is 12.1. The normalized spacial score (nSPS) is 20.0. The number of carbonyl (C=O) groups excluding carboxylic acids is 1. The molecule has 3 aromatic rings. The number of hydrogen-bond acceptors (Lipinski definition) is 9. The van der Waals surface area contributed by atoms with Gasteiger partial charge in [-0.05, 0) is 39.1 Å². The van der Waals surface area contributed by atoms with Crippen molar-refractivity contribution < 1.29 is 18.8 Å². The van der Waals surface area contributed by atoms with Crippen LogP contribution in [0.2, 0.25) is 0 Å². The molecule has 2 aliphatic rings. The first kappa shape index (κ1) is 27.7. The van der Waals surface area contributed by atoms with E-state index < -0.39 is 11.7 Å². The summed E-state index contributed by atoms with van der Waals surface area (Å²) in [4.78, 5) is 47.3. The summed E-state index contributed by atoms with van der Waals surface area (Å²) in [5, 5.41) is 0. The van der Waals surface area contributed by atoms with Gasteiger partial charge in [-0.15, -0.1) is 0 Å². The third-order valence-electron chi connectivity index (χ3n) is 7.55. The predicted octanol–water partition coefficient (Wildman–Crippen LogP) is 2.20. The van der Waals surface area contributed by atoms with Gasteiger partial charge in [-0.25, -0.2) is 19.8 Å². The molecule has 0 aliphatic carbocycles. The standard InChI is InChI=1S/C28H34FN7O4/c1-18-15-36(16-19(2)34(18)3)25-11-24(29)23(22-13-31-28(32-14-22)35-6-8-39-9-7-35)10-21(25)17-40-33-27(38)20-4-5-26(37)30-12-20/h4-5,10-14,18-19H,6-9,15-17H2,1-3H3,(H,30,37)(H,33,38)/t18-,19+. The van der Waals surface area contributed by atoms with Gasteiger partial charge in [-0.2, -0.15) is 0 Å². The van der Waals surface area contributed by atoms with Crippen molar-refractivity contribution in [2.45, 2.75) is 32.5 Å². The number of carbonyl (C=O) groups is 1. The lowest BCUT2D eigenvalue weighted by Gasteiger charge is -2.44. The quantitative estimate of drug-likeness (QED) is 0.427. The van der Waals surface area contributed by atoms with Crippen LogP contribution in [0.1, 0.15) is 29.8 Å². The Morgan fingerprint density at radius 3 is 2.48 bits per heavy atom. The maximum Gasteiger partial charge on any atom is 0.276 e. The molecule has 0 saturated carbocycles. The molecular weight excluding hydrogens is 517 g/mol. The molecule has 0 bridgehead atoms. The van der Waals surface area contributed by atoms with Crippen molar-refractivity contribution in [2.24, 2.45) is 0 Å². The number of pyridine rings is 1. The molecule has 5 rings (SSSR count). The number of H-pyrrole nitrogens is 1. The maximum absolute atomic E-state index is 15.6. The monoisotopic (exact) mass is 551 g/mol. The van der Waals surface area contributed by atoms with Crippen LogP contribution in [0.15, 0.2) is 47.7 Å². The van der Waals surface area contributed by atoms with Gasteiger partial charge in [0, 0.05) is 85.3 Å². The van der Waals surface area contributed by atoms with Crippen LogP contribution in [0.25, 0.3) is 11.1 Å². The summed E-state index contributed by atoms with van der Waals surface area (Å²) >= 11 is 0. The second-order valence-electron chi connectivity index (χ2n) is 10.3. The Balaban J connectivity index is 1.40. The Kier molecular flexibility index (Phi) is 8.38. The smallest absolute Gasteiger partial charge is 0.276 e. The van der Waals surface area contributed by atoms with E-state index in [1.54, 1.807) is 18.5 Å². The molecular formula is C28H34FN7O4. The van der Waals surface area contributed by atoms with E-state index in [0.29, 0.717) is 67.7 Å². The number of likely N-dealkylation sites (N-methyl/N-ethyl adjacent to an activating group) is 1. The summed E-state index contributed by atoms with van der Waals surface area (Å²) < 4.78 is 21.0. The van der Waals surface area contributed by atoms with Gasteiger partial charge >= 0.3 is 0 Å². The zero-order valence-electron chi connectivity index (χ0n) is 22.9. The van der Waals surface area contributed by atoms with Gasteiger partial charge in [0.15, 0.2) is 0 Å². The van der Waals surface area contributed by atoms with E-state index >= 15 is 4.39 Å². The zero-order valence-corrected chi connectivity index (χ0v) is 22.9. The molecule has 4 heterocycles. The molecule has 1 amide bonds. The van der Waals surface area contributed by atoms with Crippen LogP contribution in [0.4, 0.5) is 16.0 Å². The van der Waals surface area contributed by atoms with Crippen molar-refractivity contribution in [2.75, 3.05) is 56.2 Å². The third-order valence-corrected chi connectivity index (χ3v) is 7.55. The highest BCUT2D eigenvalue weighted by atomic mass is 19.1. The highest BCUT2D eigenvalue weighted by Gasteiger charge is 2.29. The van der Waals surface area contributed by atoms with Gasteiger partial charge < -0.3 is 19.5 Å². The largest absolute Gasteiger partial charge is 0.378 e. The molecule has 0 spiro atoms. The van der Waals surface area contributed by atoms with Gasteiger partial charge in [0.1, 0.15) is 12.4 Å². The fourth-order valence-electron chi connectivity index (χ4n) is 5.02. The van der Waals surface area contributed by atoms with Crippen molar-refractivity contribution in [1.29, 1.82) is 0 Å². The lowest BCUT2D eigenvalue weighted by Crippen LogP contribution is -2.55. The molecule has 11 nitrogen and oxygen atoms in total. The van der Waals surface area contributed by atoms with Crippen LogP contribution in [-0.4, -0.2) is 84.3 Å². The van der Waals surface area contributed by atoms with Gasteiger partial charge in [0.05, 0.1) is 18.8 Å². The fourth-order valence-corrected chi connectivity index (χ4v) is 5.02. The molecule has 212 valence electrons. The highest BCUT2D eigenvalue weighted by Crippen LogP contribution is 2.33. The fraction of sp³-hybridized carbons (Fsp3) is 0.429. The van der Waals surface area contributed by atoms with Crippen molar-refractivity contribution in [1.82, 2.24) is 25.3 Å². The van der Waals surface area contributed by atoms with Crippen molar-refractivity contribution in [3.05, 3.63) is 70.2 Å². The number of rotatable bonds is 7. The van der Waals surface area contributed by atoms with E-state index in [4.69, 9.17) is 9.57 Å². The first-order valence-corrected chi connectivity index (χ1v) is 13.4. The van der Waals surface area contributed by atoms with Crippen molar-refractivity contribution in [3.63, 3.8) is 0 Å². The van der Waals surface area contributed by atoms with Crippen LogP contribution < -0.4 is 20.8 Å². The Hall–Kier alpha value is -3.87. The predicted molar refractivity (Wildman–Crippen MR) is 149 cm³/mol. The molecule has 2 aromatic heterocycles. The summed E-state index contributed by atoms with van der Waals surface area (Å²) in [6, 6.07) is 6.46. The highest BCUT2D eigenvalue weighted by molar-refractivity contribution is 5.93. The van der Waals surface area contributed by atoms with E-state index in [-0.39, 0.29) is 29.8 Å². The van der Waals surface area contributed by atoms with Gasteiger partial charge in [0.2, 0.25) is 11.5 Å². The zero-order chi connectivity index (χ0) is 28.2. The van der Waals surface area contributed by atoms with Crippen LogP contribution in [-0.2, 0) is 16.2 Å². The molecule has 40 heavy (non-hydrogen) atoms. The van der Waals surface area contributed by atoms with E-state index in [2.05, 4.69) is 51.1 Å². The SMILES string of the molecule is C[C@@H]1CN(c2cc(F)c(-c3cnc(N4CCOCC4)nc3)cc2CONC(=O)c2ccc(=O)[nH]c2)C[C@H](C)N1C. The van der Waals surface area contributed by atoms with E-state index in [1.165, 1.54) is 24.4 Å². The average molecular weight is 552 g/mol. The number of hydrogen-bond donors (Lipinski definition) is 2. The molecule has 0 radical (unpaired) electrons. The number of ether oxygens (including phenoxy) is 1. The van der Waals surface area contributed by atoms with Crippen molar-refractivity contribution >= 4 is 17.5 Å². The number of amides is 1. The topological polar surface area (TPSA) is 116 Å². The number of hydroxylamine groups is 1. The number of aromatic amines is 1. The number of anilines is 2. The first-order chi connectivity index (χ1) is 19.3. The number of benzene rings is 1. The summed E-state index contributed by atoms with van der Waals surface area (Å²) in [7, 11) is 2.09. The second-order valence-corrected chi connectivity index (χ2v) is 10.3. The van der Waals surface area contributed by atoms with Crippen LogP contribution in [0, 0.1) is 5.82 Å². The Morgan fingerprint density at radius 2 is 1.82 bits per heavy atom. The Morgan fingerprint density at radius 1 is 1.12 bits per heavy atom. The minimum absolute atomic E-state index is 0.000470.